The van der Waals surface area contributed by atoms with Gasteiger partial charge in [0.1, 0.15) is 5.75 Å². The molecule has 17 heavy (non-hydrogen) atoms. The molecule has 0 radical (unpaired) electrons. The van der Waals surface area contributed by atoms with Crippen LogP contribution in [0.3, 0.4) is 0 Å². The molecule has 2 N–H and O–H groups in total. The van der Waals surface area contributed by atoms with Crippen molar-refractivity contribution in [3.05, 3.63) is 28.8 Å². The molecule has 1 atom stereocenters. The second-order valence-corrected chi connectivity index (χ2v) is 4.75. The minimum Gasteiger partial charge on any atom is -0.496 e. The molecule has 94 valence electrons. The SMILES string of the molecule is COc1ccc(CNC2CCNC2)c(C)c1C. The maximum absolute atomic E-state index is 5.33. The van der Waals surface area contributed by atoms with Gasteiger partial charge in [0, 0.05) is 19.1 Å². The van der Waals surface area contributed by atoms with Gasteiger partial charge in [-0.1, -0.05) is 6.07 Å². The van der Waals surface area contributed by atoms with E-state index in [1.54, 1.807) is 7.11 Å². The monoisotopic (exact) mass is 234 g/mol. The van der Waals surface area contributed by atoms with E-state index in [0.717, 1.165) is 25.4 Å². The summed E-state index contributed by atoms with van der Waals surface area (Å²) in [4.78, 5) is 0. The van der Waals surface area contributed by atoms with E-state index in [2.05, 4.69) is 36.6 Å². The lowest BCUT2D eigenvalue weighted by Gasteiger charge is -2.15. The predicted octanol–water partition coefficient (Wildman–Crippen LogP) is 1.76. The van der Waals surface area contributed by atoms with E-state index in [9.17, 15) is 0 Å². The van der Waals surface area contributed by atoms with E-state index in [4.69, 9.17) is 4.74 Å². The highest BCUT2D eigenvalue weighted by atomic mass is 16.5. The summed E-state index contributed by atoms with van der Waals surface area (Å²) < 4.78 is 5.33. The van der Waals surface area contributed by atoms with Crippen LogP contribution in [0.4, 0.5) is 0 Å². The minimum absolute atomic E-state index is 0.622. The first-order valence-corrected chi connectivity index (χ1v) is 6.29. The standard InChI is InChI=1S/C14H22N2O/c1-10-11(2)14(17-3)5-4-12(10)8-16-13-6-7-15-9-13/h4-5,13,15-16H,6-9H2,1-3H3. The highest BCUT2D eigenvalue weighted by molar-refractivity contribution is 5.43. The highest BCUT2D eigenvalue weighted by Gasteiger charge is 2.14. The first-order valence-electron chi connectivity index (χ1n) is 6.29. The Labute approximate surface area is 104 Å². The Kier molecular flexibility index (Phi) is 4.02. The Morgan fingerprint density at radius 3 is 2.82 bits per heavy atom. The van der Waals surface area contributed by atoms with E-state index in [-0.39, 0.29) is 0 Å². The van der Waals surface area contributed by atoms with Crippen LogP contribution < -0.4 is 15.4 Å². The van der Waals surface area contributed by atoms with E-state index in [0.29, 0.717) is 6.04 Å². The lowest BCUT2D eigenvalue weighted by molar-refractivity contribution is 0.411. The highest BCUT2D eigenvalue weighted by Crippen LogP contribution is 2.23. The number of ether oxygens (including phenoxy) is 1. The van der Waals surface area contributed by atoms with Crippen molar-refractivity contribution in [3.63, 3.8) is 0 Å². The number of rotatable bonds is 4. The maximum Gasteiger partial charge on any atom is 0.122 e. The fourth-order valence-corrected chi connectivity index (χ4v) is 2.35. The summed E-state index contributed by atoms with van der Waals surface area (Å²) >= 11 is 0. The van der Waals surface area contributed by atoms with Gasteiger partial charge in [-0.3, -0.25) is 0 Å². The molecule has 0 aromatic heterocycles. The molecule has 1 aliphatic rings. The van der Waals surface area contributed by atoms with Crippen LogP contribution in [0.15, 0.2) is 12.1 Å². The molecule has 1 heterocycles. The quantitative estimate of drug-likeness (QED) is 0.833. The second-order valence-electron chi connectivity index (χ2n) is 4.75. The van der Waals surface area contributed by atoms with Crippen molar-refractivity contribution in [2.45, 2.75) is 32.9 Å². The average Bonchev–Trinajstić information content (AvgIpc) is 2.84. The van der Waals surface area contributed by atoms with Crippen molar-refractivity contribution in [1.29, 1.82) is 0 Å². The van der Waals surface area contributed by atoms with Gasteiger partial charge in [0.25, 0.3) is 0 Å². The Hall–Kier alpha value is -1.06. The van der Waals surface area contributed by atoms with Crippen LogP contribution in [0.2, 0.25) is 0 Å². The van der Waals surface area contributed by atoms with E-state index < -0.39 is 0 Å². The lowest BCUT2D eigenvalue weighted by atomic mass is 10.0. The molecule has 1 aliphatic heterocycles. The molecule has 1 aromatic rings. The molecule has 1 saturated heterocycles. The Morgan fingerprint density at radius 2 is 2.18 bits per heavy atom. The molecule has 0 bridgehead atoms. The zero-order chi connectivity index (χ0) is 12.3. The number of hydrogen-bond acceptors (Lipinski definition) is 3. The summed E-state index contributed by atoms with van der Waals surface area (Å²) in [7, 11) is 1.73. The third-order valence-corrected chi connectivity index (χ3v) is 3.71. The van der Waals surface area contributed by atoms with Crippen LogP contribution in [0.1, 0.15) is 23.1 Å². The van der Waals surface area contributed by atoms with Crippen molar-refractivity contribution in [3.8, 4) is 5.75 Å². The van der Waals surface area contributed by atoms with Gasteiger partial charge in [-0.15, -0.1) is 0 Å². The fourth-order valence-electron chi connectivity index (χ4n) is 2.35. The molecule has 1 fully saturated rings. The molecule has 0 spiro atoms. The van der Waals surface area contributed by atoms with Gasteiger partial charge in [-0.05, 0) is 49.6 Å². The Balaban J connectivity index is 2.03. The van der Waals surface area contributed by atoms with Crippen molar-refractivity contribution >= 4 is 0 Å². The first-order chi connectivity index (χ1) is 8.22. The topological polar surface area (TPSA) is 33.3 Å². The molecular formula is C14H22N2O. The minimum atomic E-state index is 0.622. The van der Waals surface area contributed by atoms with Crippen LogP contribution >= 0.6 is 0 Å². The molecule has 1 aromatic carbocycles. The van der Waals surface area contributed by atoms with Crippen molar-refractivity contribution in [1.82, 2.24) is 10.6 Å². The van der Waals surface area contributed by atoms with Crippen LogP contribution in [0, 0.1) is 13.8 Å². The predicted molar refractivity (Wildman–Crippen MR) is 70.6 cm³/mol. The second kappa shape index (κ2) is 5.52. The largest absolute Gasteiger partial charge is 0.496 e. The molecule has 3 nitrogen and oxygen atoms in total. The number of methoxy groups -OCH3 is 1. The molecule has 3 heteroatoms. The van der Waals surface area contributed by atoms with Crippen LogP contribution in [0.5, 0.6) is 5.75 Å². The van der Waals surface area contributed by atoms with Gasteiger partial charge >= 0.3 is 0 Å². The van der Waals surface area contributed by atoms with Crippen molar-refractivity contribution in [2.75, 3.05) is 20.2 Å². The molecule has 0 saturated carbocycles. The normalized spacial score (nSPS) is 19.6. The van der Waals surface area contributed by atoms with E-state index >= 15 is 0 Å². The van der Waals surface area contributed by atoms with Gasteiger partial charge in [-0.2, -0.15) is 0 Å². The van der Waals surface area contributed by atoms with Crippen molar-refractivity contribution < 1.29 is 4.74 Å². The molecule has 0 aliphatic carbocycles. The number of hydrogen-bond donors (Lipinski definition) is 2. The summed E-state index contributed by atoms with van der Waals surface area (Å²) in [5.74, 6) is 0.980. The zero-order valence-electron chi connectivity index (χ0n) is 11.0. The van der Waals surface area contributed by atoms with Gasteiger partial charge in [0.15, 0.2) is 0 Å². The molecule has 1 unspecified atom stereocenters. The molecular weight excluding hydrogens is 212 g/mol. The molecule has 0 amide bonds. The summed E-state index contributed by atoms with van der Waals surface area (Å²) in [5.41, 5.74) is 3.95. The maximum atomic E-state index is 5.33. The van der Waals surface area contributed by atoms with Gasteiger partial charge in [0.2, 0.25) is 0 Å². The van der Waals surface area contributed by atoms with Crippen LogP contribution in [0.25, 0.3) is 0 Å². The van der Waals surface area contributed by atoms with E-state index in [1.807, 2.05) is 0 Å². The van der Waals surface area contributed by atoms with Gasteiger partial charge in [0.05, 0.1) is 7.11 Å². The third kappa shape index (κ3) is 2.79. The average molecular weight is 234 g/mol. The first kappa shape index (κ1) is 12.4. The number of nitrogens with one attached hydrogen (secondary N) is 2. The van der Waals surface area contributed by atoms with Gasteiger partial charge < -0.3 is 15.4 Å². The van der Waals surface area contributed by atoms with Crippen LogP contribution in [-0.2, 0) is 6.54 Å². The smallest absolute Gasteiger partial charge is 0.122 e. The van der Waals surface area contributed by atoms with Crippen LogP contribution in [-0.4, -0.2) is 26.2 Å². The zero-order valence-corrected chi connectivity index (χ0v) is 11.0. The Morgan fingerprint density at radius 1 is 1.35 bits per heavy atom. The summed E-state index contributed by atoms with van der Waals surface area (Å²) in [6.45, 7) is 7.46. The van der Waals surface area contributed by atoms with Crippen molar-refractivity contribution in [2.24, 2.45) is 0 Å². The summed E-state index contributed by atoms with van der Waals surface area (Å²) in [5, 5.41) is 6.97. The van der Waals surface area contributed by atoms with Gasteiger partial charge in [-0.25, -0.2) is 0 Å². The van der Waals surface area contributed by atoms with E-state index in [1.165, 1.54) is 23.1 Å². The molecule has 2 rings (SSSR count). The fraction of sp³-hybridized carbons (Fsp3) is 0.571. The third-order valence-electron chi connectivity index (χ3n) is 3.71. The Bertz CT molecular complexity index is 384. The summed E-state index contributed by atoms with van der Waals surface area (Å²) in [6, 6.07) is 4.85. The number of benzene rings is 1. The lowest BCUT2D eigenvalue weighted by Crippen LogP contribution is -2.30. The summed E-state index contributed by atoms with van der Waals surface area (Å²) in [6.07, 6.45) is 1.23.